The number of phenols is 2. The second-order valence-electron chi connectivity index (χ2n) is 9.90. The number of nitrogens with one attached hydrogen (secondary N) is 2. The van der Waals surface area contributed by atoms with E-state index in [0.717, 1.165) is 24.2 Å². The van der Waals surface area contributed by atoms with Crippen molar-refractivity contribution in [3.63, 3.8) is 0 Å². The van der Waals surface area contributed by atoms with E-state index in [1.807, 2.05) is 6.92 Å². The summed E-state index contributed by atoms with van der Waals surface area (Å²) in [5, 5.41) is 24.8. The van der Waals surface area contributed by atoms with E-state index in [-0.39, 0.29) is 17.9 Å². The summed E-state index contributed by atoms with van der Waals surface area (Å²) in [6.45, 7) is 7.54. The number of ether oxygens (including phenoxy) is 1. The van der Waals surface area contributed by atoms with Crippen molar-refractivity contribution < 1.29 is 29.3 Å². The number of alkyl carbamates (subject to hydrolysis) is 1. The minimum atomic E-state index is -1.21. The van der Waals surface area contributed by atoms with Gasteiger partial charge in [-0.1, -0.05) is 50.5 Å². The minimum Gasteiger partial charge on any atom is -0.508 e. The second-order valence-corrected chi connectivity index (χ2v) is 9.90. The molecular formula is C29H37N3O6. The highest BCUT2D eigenvalue weighted by molar-refractivity contribution is 5.93. The smallest absolute Gasteiger partial charge is 0.408 e. The number of hydrogen-bond acceptors (Lipinski definition) is 6. The van der Waals surface area contributed by atoms with E-state index in [4.69, 9.17) is 11.2 Å². The van der Waals surface area contributed by atoms with E-state index in [9.17, 15) is 24.6 Å². The molecule has 3 amide bonds. The second kappa shape index (κ2) is 13.9. The average molecular weight is 524 g/mol. The molecule has 2 unspecified atom stereocenters. The lowest BCUT2D eigenvalue weighted by Gasteiger charge is -2.30. The first-order valence-corrected chi connectivity index (χ1v) is 12.6. The van der Waals surface area contributed by atoms with Crippen molar-refractivity contribution in [2.24, 2.45) is 0 Å². The van der Waals surface area contributed by atoms with Crippen LogP contribution in [-0.4, -0.2) is 51.2 Å². The normalized spacial score (nSPS) is 12.5. The molecule has 9 nitrogen and oxygen atoms in total. The van der Waals surface area contributed by atoms with E-state index in [1.54, 1.807) is 32.9 Å². The van der Waals surface area contributed by atoms with Crippen LogP contribution < -0.4 is 10.6 Å². The Hall–Kier alpha value is -4.19. The number of benzene rings is 2. The van der Waals surface area contributed by atoms with Crippen molar-refractivity contribution >= 4 is 17.9 Å². The largest absolute Gasteiger partial charge is 0.508 e. The molecule has 2 aromatic carbocycles. The fraction of sp³-hybridized carbons (Fsp3) is 0.414. The molecule has 38 heavy (non-hydrogen) atoms. The van der Waals surface area contributed by atoms with Crippen LogP contribution in [0.15, 0.2) is 48.5 Å². The van der Waals surface area contributed by atoms with Gasteiger partial charge in [0.05, 0.1) is 0 Å². The number of carbonyl (C=O) groups excluding carboxylic acids is 3. The highest BCUT2D eigenvalue weighted by atomic mass is 16.6. The average Bonchev–Trinajstić information content (AvgIpc) is 2.85. The van der Waals surface area contributed by atoms with Gasteiger partial charge in [0.1, 0.15) is 29.2 Å². The maximum absolute atomic E-state index is 13.8. The molecule has 0 radical (unpaired) electrons. The van der Waals surface area contributed by atoms with Gasteiger partial charge in [0.15, 0.2) is 0 Å². The van der Waals surface area contributed by atoms with Crippen molar-refractivity contribution in [3.8, 4) is 24.0 Å². The van der Waals surface area contributed by atoms with Crippen LogP contribution in [0.1, 0.15) is 64.1 Å². The first kappa shape index (κ1) is 30.0. The summed E-state index contributed by atoms with van der Waals surface area (Å²) in [6, 6.07) is 11.9. The zero-order valence-electron chi connectivity index (χ0n) is 22.4. The number of unbranched alkanes of at least 4 members (excludes halogenated alkanes) is 2. The summed E-state index contributed by atoms with van der Waals surface area (Å²) < 4.78 is 5.35. The van der Waals surface area contributed by atoms with Crippen LogP contribution in [-0.2, 0) is 20.7 Å². The molecule has 0 aliphatic rings. The van der Waals surface area contributed by atoms with Gasteiger partial charge in [0, 0.05) is 19.0 Å². The van der Waals surface area contributed by atoms with E-state index >= 15 is 0 Å². The van der Waals surface area contributed by atoms with Crippen molar-refractivity contribution in [1.82, 2.24) is 15.5 Å². The molecular weight excluding hydrogens is 486 g/mol. The molecule has 0 bridgehead atoms. The van der Waals surface area contributed by atoms with Gasteiger partial charge in [-0.3, -0.25) is 14.5 Å². The summed E-state index contributed by atoms with van der Waals surface area (Å²) in [5.74, 6) is -1.15. The van der Waals surface area contributed by atoms with Crippen LogP contribution >= 0.6 is 0 Å². The van der Waals surface area contributed by atoms with Gasteiger partial charge in [0.25, 0.3) is 5.91 Å². The molecule has 9 heteroatoms. The van der Waals surface area contributed by atoms with Gasteiger partial charge in [-0.2, -0.15) is 0 Å². The molecule has 0 aliphatic carbocycles. The fourth-order valence-corrected chi connectivity index (χ4v) is 3.71. The number of carbonyl (C=O) groups is 3. The number of aromatic hydroxyl groups is 2. The van der Waals surface area contributed by atoms with E-state index < -0.39 is 35.6 Å². The maximum atomic E-state index is 13.8. The predicted octanol–water partition coefficient (Wildman–Crippen LogP) is 4.00. The maximum Gasteiger partial charge on any atom is 0.408 e. The van der Waals surface area contributed by atoms with Gasteiger partial charge in [0.2, 0.25) is 5.91 Å². The number of nitrogens with zero attached hydrogens (tertiary/aromatic N) is 1. The van der Waals surface area contributed by atoms with E-state index in [1.165, 1.54) is 36.4 Å². The van der Waals surface area contributed by atoms with Gasteiger partial charge in [-0.05, 0) is 62.6 Å². The van der Waals surface area contributed by atoms with Gasteiger partial charge in [-0.25, -0.2) is 4.79 Å². The van der Waals surface area contributed by atoms with Crippen LogP contribution in [0.2, 0.25) is 0 Å². The fourth-order valence-electron chi connectivity index (χ4n) is 3.71. The van der Waals surface area contributed by atoms with Crippen molar-refractivity contribution in [1.29, 1.82) is 0 Å². The Labute approximate surface area is 224 Å². The number of phenolic OH excluding ortho intramolecular Hbond substituents is 2. The van der Waals surface area contributed by atoms with Crippen LogP contribution in [0, 0.1) is 12.5 Å². The lowest BCUT2D eigenvalue weighted by molar-refractivity contribution is -0.138. The highest BCUT2D eigenvalue weighted by Crippen LogP contribution is 2.25. The summed E-state index contributed by atoms with van der Waals surface area (Å²) >= 11 is 0. The Kier molecular flexibility index (Phi) is 11.0. The molecule has 2 rings (SSSR count). The number of rotatable bonds is 11. The Morgan fingerprint density at radius 3 is 2.11 bits per heavy atom. The van der Waals surface area contributed by atoms with Crippen LogP contribution in [0.4, 0.5) is 4.79 Å². The molecule has 204 valence electrons. The van der Waals surface area contributed by atoms with Crippen LogP contribution in [0.5, 0.6) is 11.5 Å². The first-order valence-electron chi connectivity index (χ1n) is 12.6. The summed E-state index contributed by atoms with van der Waals surface area (Å²) in [4.78, 5) is 40.8. The monoisotopic (exact) mass is 523 g/mol. The quantitative estimate of drug-likeness (QED) is 0.200. The molecule has 0 saturated heterocycles. The van der Waals surface area contributed by atoms with Crippen molar-refractivity contribution in [3.05, 3.63) is 59.7 Å². The van der Waals surface area contributed by atoms with Crippen LogP contribution in [0.3, 0.4) is 0 Å². The minimum absolute atomic E-state index is 0.00811. The van der Waals surface area contributed by atoms with E-state index in [0.29, 0.717) is 17.7 Å². The topological polar surface area (TPSA) is 128 Å². The molecule has 0 spiro atoms. The Morgan fingerprint density at radius 1 is 1.00 bits per heavy atom. The molecule has 0 aliphatic heterocycles. The van der Waals surface area contributed by atoms with Crippen molar-refractivity contribution in [2.75, 3.05) is 6.54 Å². The highest BCUT2D eigenvalue weighted by Gasteiger charge is 2.36. The molecule has 4 N–H and O–H groups in total. The van der Waals surface area contributed by atoms with E-state index in [2.05, 4.69) is 16.7 Å². The molecule has 0 aromatic heterocycles. The first-order chi connectivity index (χ1) is 17.9. The SMILES string of the molecule is C#CN(C(=O)C(Cc1ccc(O)cc1)NC(=O)OC(C)(C)C)C(C(=O)NCCCCC)c1ccc(O)cc1. The molecule has 2 aromatic rings. The third kappa shape index (κ3) is 9.36. The number of amides is 3. The number of hydrogen-bond donors (Lipinski definition) is 4. The molecule has 2 atom stereocenters. The number of terminal acetylenes is 1. The summed E-state index contributed by atoms with van der Waals surface area (Å²) in [6.07, 6.45) is 7.65. The standard InChI is InChI=1S/C29H37N3O6/c1-6-8-9-18-30-26(35)25(21-12-16-23(34)17-13-21)32(7-2)27(36)24(31-28(37)38-29(3,4)5)19-20-10-14-22(33)15-11-20/h2,10-17,24-25,33-34H,6,8-9,18-19H2,1,3-5H3,(H,30,35)(H,31,37). The van der Waals surface area contributed by atoms with Gasteiger partial charge < -0.3 is 25.6 Å². The lowest BCUT2D eigenvalue weighted by atomic mass is 10.0. The zero-order valence-corrected chi connectivity index (χ0v) is 22.4. The zero-order chi connectivity index (χ0) is 28.3. The summed E-state index contributed by atoms with van der Waals surface area (Å²) in [5.41, 5.74) is 0.219. The van der Waals surface area contributed by atoms with Gasteiger partial charge >= 0.3 is 6.09 Å². The lowest BCUT2D eigenvalue weighted by Crippen LogP contribution is -2.52. The summed E-state index contributed by atoms with van der Waals surface area (Å²) in [7, 11) is 0. The Morgan fingerprint density at radius 2 is 1.58 bits per heavy atom. The Bertz CT molecular complexity index is 1120. The molecule has 0 fully saturated rings. The third-order valence-corrected chi connectivity index (χ3v) is 5.54. The molecule has 0 saturated carbocycles. The Balaban J connectivity index is 2.42. The molecule has 0 heterocycles. The van der Waals surface area contributed by atoms with Crippen molar-refractivity contribution in [2.45, 2.75) is 71.1 Å². The predicted molar refractivity (Wildman–Crippen MR) is 144 cm³/mol. The van der Waals surface area contributed by atoms with Gasteiger partial charge in [-0.15, -0.1) is 0 Å². The van der Waals surface area contributed by atoms with Crippen LogP contribution in [0.25, 0.3) is 0 Å². The third-order valence-electron chi connectivity index (χ3n) is 5.54.